The molecule has 0 aliphatic carbocycles. The van der Waals surface area contributed by atoms with Crippen LogP contribution in [0.5, 0.6) is 0 Å². The van der Waals surface area contributed by atoms with E-state index in [1.807, 2.05) is 0 Å². The first-order valence-electron chi connectivity index (χ1n) is 9.96. The summed E-state index contributed by atoms with van der Waals surface area (Å²) in [4.78, 5) is 11.8. The largest absolute Gasteiger partial charge is 0.465 e. The summed E-state index contributed by atoms with van der Waals surface area (Å²) < 4.78 is 5.52. The van der Waals surface area contributed by atoms with Gasteiger partial charge in [-0.25, -0.2) is 0 Å². The second-order valence-electron chi connectivity index (χ2n) is 6.75. The highest BCUT2D eigenvalue weighted by atomic mass is 79.9. The monoisotopic (exact) mass is 390 g/mol. The van der Waals surface area contributed by atoms with Gasteiger partial charge in [0.25, 0.3) is 0 Å². The number of carbonyl (C=O) groups excluding carboxylic acids is 1. The molecule has 0 fully saturated rings. The molecule has 0 aromatic rings. The van der Waals surface area contributed by atoms with Crippen LogP contribution >= 0.6 is 15.9 Å². The lowest BCUT2D eigenvalue weighted by Crippen LogP contribution is -2.14. The van der Waals surface area contributed by atoms with E-state index in [1.54, 1.807) is 0 Å². The predicted octanol–water partition coefficient (Wildman–Crippen LogP) is 7.04. The Morgan fingerprint density at radius 3 is 2.17 bits per heavy atom. The Kier molecular flexibility index (Phi) is 18.3. The summed E-state index contributed by atoms with van der Waals surface area (Å²) in [6.45, 7) is 5.12. The number of unbranched alkanes of at least 4 members (excludes halogenated alkanes) is 8. The third-order valence-electron chi connectivity index (χ3n) is 4.41. The van der Waals surface area contributed by atoms with Gasteiger partial charge in [0.15, 0.2) is 0 Å². The lowest BCUT2D eigenvalue weighted by molar-refractivity contribution is -0.145. The normalized spacial score (nSPS) is 12.3. The number of rotatable bonds is 17. The summed E-state index contributed by atoms with van der Waals surface area (Å²) in [5.74, 6) is 0.585. The Morgan fingerprint density at radius 2 is 1.48 bits per heavy atom. The zero-order valence-corrected chi connectivity index (χ0v) is 17.2. The smallest absolute Gasteiger partial charge is 0.305 e. The van der Waals surface area contributed by atoms with Crippen molar-refractivity contribution in [1.29, 1.82) is 0 Å². The molecule has 0 N–H and O–H groups in total. The Labute approximate surface area is 153 Å². The van der Waals surface area contributed by atoms with Crippen LogP contribution < -0.4 is 0 Å². The van der Waals surface area contributed by atoms with Crippen molar-refractivity contribution in [3.63, 3.8) is 0 Å². The van der Waals surface area contributed by atoms with Gasteiger partial charge in [-0.2, -0.15) is 0 Å². The molecule has 0 saturated heterocycles. The summed E-state index contributed by atoms with van der Waals surface area (Å²) in [5.41, 5.74) is 0. The number of esters is 1. The van der Waals surface area contributed by atoms with Crippen molar-refractivity contribution < 1.29 is 9.53 Å². The molecule has 0 bridgehead atoms. The average Bonchev–Trinajstić information content (AvgIpc) is 2.55. The van der Waals surface area contributed by atoms with Gasteiger partial charge in [0.1, 0.15) is 0 Å². The molecule has 0 radical (unpaired) electrons. The van der Waals surface area contributed by atoms with Gasteiger partial charge in [-0.1, -0.05) is 87.6 Å². The first kappa shape index (κ1) is 22.9. The second-order valence-corrected chi connectivity index (χ2v) is 7.54. The molecule has 23 heavy (non-hydrogen) atoms. The van der Waals surface area contributed by atoms with Gasteiger partial charge in [0.05, 0.1) is 6.61 Å². The fourth-order valence-electron chi connectivity index (χ4n) is 2.93. The minimum absolute atomic E-state index is 0.0116. The maximum atomic E-state index is 11.8. The van der Waals surface area contributed by atoms with Gasteiger partial charge < -0.3 is 4.74 Å². The van der Waals surface area contributed by atoms with Crippen LogP contribution in [0.1, 0.15) is 104 Å². The minimum Gasteiger partial charge on any atom is -0.465 e. The molecule has 0 aromatic heterocycles. The van der Waals surface area contributed by atoms with Crippen molar-refractivity contribution in [3.05, 3.63) is 0 Å². The third kappa shape index (κ3) is 16.6. The average molecular weight is 391 g/mol. The number of hydrogen-bond acceptors (Lipinski definition) is 2. The van der Waals surface area contributed by atoms with Crippen LogP contribution in [0.15, 0.2) is 0 Å². The topological polar surface area (TPSA) is 26.3 Å². The molecule has 3 heteroatoms. The van der Waals surface area contributed by atoms with E-state index >= 15 is 0 Å². The summed E-state index contributed by atoms with van der Waals surface area (Å²) in [7, 11) is 0. The van der Waals surface area contributed by atoms with Crippen LogP contribution in [0.4, 0.5) is 0 Å². The van der Waals surface area contributed by atoms with Crippen molar-refractivity contribution >= 4 is 21.9 Å². The summed E-state index contributed by atoms with van der Waals surface area (Å²) >= 11 is 3.44. The van der Waals surface area contributed by atoms with Crippen molar-refractivity contribution in [2.45, 2.75) is 104 Å². The maximum Gasteiger partial charge on any atom is 0.305 e. The van der Waals surface area contributed by atoms with E-state index in [0.29, 0.717) is 18.9 Å². The number of carbonyl (C=O) groups is 1. The molecular weight excluding hydrogens is 352 g/mol. The third-order valence-corrected chi connectivity index (χ3v) is 4.97. The molecule has 0 aliphatic rings. The molecule has 1 atom stereocenters. The van der Waals surface area contributed by atoms with E-state index in [-0.39, 0.29) is 5.97 Å². The van der Waals surface area contributed by atoms with Gasteiger partial charge in [-0.3, -0.25) is 4.79 Å². The van der Waals surface area contributed by atoms with E-state index in [9.17, 15) is 4.79 Å². The van der Waals surface area contributed by atoms with E-state index in [1.165, 1.54) is 70.6 Å². The summed E-state index contributed by atoms with van der Waals surface area (Å²) in [5, 5.41) is 1.09. The molecule has 0 aliphatic heterocycles. The number of alkyl halides is 1. The van der Waals surface area contributed by atoms with Gasteiger partial charge >= 0.3 is 5.97 Å². The predicted molar refractivity (Wildman–Crippen MR) is 104 cm³/mol. The Hall–Kier alpha value is -0.0500. The van der Waals surface area contributed by atoms with Crippen molar-refractivity contribution in [1.82, 2.24) is 0 Å². The first-order valence-corrected chi connectivity index (χ1v) is 11.1. The van der Waals surface area contributed by atoms with Crippen LogP contribution in [-0.4, -0.2) is 17.9 Å². The summed E-state index contributed by atoms with van der Waals surface area (Å²) in [6, 6.07) is 0. The number of hydrogen-bond donors (Lipinski definition) is 0. The second kappa shape index (κ2) is 18.3. The van der Waals surface area contributed by atoms with E-state index in [2.05, 4.69) is 29.8 Å². The standard InChI is InChI=1S/C20H39BrO2/c1-3-5-6-8-11-15-19(14-4-2)18-23-20(22)16-12-9-7-10-13-17-21/h19H,3-18H2,1-2H3. The van der Waals surface area contributed by atoms with Crippen molar-refractivity contribution in [2.75, 3.05) is 11.9 Å². The Morgan fingerprint density at radius 1 is 0.826 bits per heavy atom. The van der Waals surface area contributed by atoms with E-state index in [4.69, 9.17) is 4.74 Å². The molecule has 0 rings (SSSR count). The first-order chi connectivity index (χ1) is 11.2. The number of halogens is 1. The fraction of sp³-hybridized carbons (Fsp3) is 0.950. The van der Waals surface area contributed by atoms with Crippen LogP contribution in [0, 0.1) is 5.92 Å². The quantitative estimate of drug-likeness (QED) is 0.151. The Bertz CT molecular complexity index is 256. The molecule has 138 valence electrons. The maximum absolute atomic E-state index is 11.8. The molecule has 1 unspecified atom stereocenters. The lowest BCUT2D eigenvalue weighted by Gasteiger charge is -2.16. The molecule has 0 heterocycles. The highest BCUT2D eigenvalue weighted by Gasteiger charge is 2.11. The van der Waals surface area contributed by atoms with Crippen LogP contribution in [0.2, 0.25) is 0 Å². The molecule has 2 nitrogen and oxygen atoms in total. The molecule has 0 spiro atoms. The molecule has 0 saturated carbocycles. The van der Waals surface area contributed by atoms with Crippen LogP contribution in [0.25, 0.3) is 0 Å². The van der Waals surface area contributed by atoms with Crippen molar-refractivity contribution in [2.24, 2.45) is 5.92 Å². The highest BCUT2D eigenvalue weighted by molar-refractivity contribution is 9.09. The summed E-state index contributed by atoms with van der Waals surface area (Å²) in [6.07, 6.45) is 16.7. The molecule has 0 amide bonds. The van der Waals surface area contributed by atoms with E-state index in [0.717, 1.165) is 18.2 Å². The number of ether oxygens (including phenoxy) is 1. The van der Waals surface area contributed by atoms with E-state index < -0.39 is 0 Å². The fourth-order valence-corrected chi connectivity index (χ4v) is 3.33. The van der Waals surface area contributed by atoms with Crippen molar-refractivity contribution in [3.8, 4) is 0 Å². The molecular formula is C20H39BrO2. The SMILES string of the molecule is CCCCCCCC(CCC)COC(=O)CCCCCCCBr. The van der Waals surface area contributed by atoms with Crippen LogP contribution in [0.3, 0.4) is 0 Å². The molecule has 0 aromatic carbocycles. The lowest BCUT2D eigenvalue weighted by atomic mass is 9.97. The highest BCUT2D eigenvalue weighted by Crippen LogP contribution is 2.17. The van der Waals surface area contributed by atoms with Gasteiger partial charge in [0.2, 0.25) is 0 Å². The van der Waals surface area contributed by atoms with Crippen LogP contribution in [-0.2, 0) is 9.53 Å². The van der Waals surface area contributed by atoms with Gasteiger partial charge in [-0.05, 0) is 31.6 Å². The zero-order chi connectivity index (χ0) is 17.2. The Balaban J connectivity index is 3.64. The minimum atomic E-state index is 0.0116. The zero-order valence-electron chi connectivity index (χ0n) is 15.6. The van der Waals surface area contributed by atoms with Gasteiger partial charge in [0, 0.05) is 11.8 Å². The van der Waals surface area contributed by atoms with Gasteiger partial charge in [-0.15, -0.1) is 0 Å².